The van der Waals surface area contributed by atoms with E-state index in [1.54, 1.807) is 6.20 Å². The predicted octanol–water partition coefficient (Wildman–Crippen LogP) is 3.81. The Bertz CT molecular complexity index is 688. The highest BCUT2D eigenvalue weighted by Gasteiger charge is 2.33. The summed E-state index contributed by atoms with van der Waals surface area (Å²) >= 11 is 3.43. The van der Waals surface area contributed by atoms with E-state index in [-0.39, 0.29) is 5.91 Å². The molecule has 1 aromatic carbocycles. The molecule has 22 heavy (non-hydrogen) atoms. The van der Waals surface area contributed by atoms with E-state index in [1.807, 2.05) is 47.8 Å². The summed E-state index contributed by atoms with van der Waals surface area (Å²) in [7, 11) is 1.89. The van der Waals surface area contributed by atoms with Crippen molar-refractivity contribution in [1.82, 2.24) is 14.7 Å². The van der Waals surface area contributed by atoms with Gasteiger partial charge in [-0.2, -0.15) is 5.10 Å². The molecule has 0 N–H and O–H groups in total. The van der Waals surface area contributed by atoms with Crippen LogP contribution in [-0.2, 0) is 0 Å². The highest BCUT2D eigenvalue weighted by Crippen LogP contribution is 2.35. The SMILES string of the molecule is Cc1c(C(=O)N(C)[C@H](C)C2CC2)cnn1-c1ccc(Br)cc1. The molecule has 3 rings (SSSR count). The van der Waals surface area contributed by atoms with Gasteiger partial charge in [0.1, 0.15) is 0 Å². The third kappa shape index (κ3) is 2.82. The predicted molar refractivity (Wildman–Crippen MR) is 90.3 cm³/mol. The number of carbonyl (C=O) groups excluding carboxylic acids is 1. The smallest absolute Gasteiger partial charge is 0.257 e. The van der Waals surface area contributed by atoms with Crippen LogP contribution in [0.15, 0.2) is 34.9 Å². The lowest BCUT2D eigenvalue weighted by Gasteiger charge is -2.24. The fraction of sp³-hybridized carbons (Fsp3) is 0.412. The molecule has 4 nitrogen and oxygen atoms in total. The van der Waals surface area contributed by atoms with Gasteiger partial charge in [-0.25, -0.2) is 4.68 Å². The molecule has 1 saturated carbocycles. The second kappa shape index (κ2) is 5.88. The Labute approximate surface area is 139 Å². The molecule has 1 aliphatic rings. The van der Waals surface area contributed by atoms with E-state index in [0.29, 0.717) is 17.5 Å². The Morgan fingerprint density at radius 1 is 1.36 bits per heavy atom. The van der Waals surface area contributed by atoms with Crippen LogP contribution in [0.1, 0.15) is 35.8 Å². The van der Waals surface area contributed by atoms with Gasteiger partial charge in [0, 0.05) is 17.6 Å². The minimum absolute atomic E-state index is 0.0558. The third-order valence-electron chi connectivity index (χ3n) is 4.55. The van der Waals surface area contributed by atoms with Crippen LogP contribution in [-0.4, -0.2) is 33.7 Å². The molecule has 0 aliphatic heterocycles. The van der Waals surface area contributed by atoms with Crippen molar-refractivity contribution in [2.24, 2.45) is 5.92 Å². The highest BCUT2D eigenvalue weighted by molar-refractivity contribution is 9.10. The normalized spacial score (nSPS) is 15.6. The van der Waals surface area contributed by atoms with Gasteiger partial charge in [0.25, 0.3) is 5.91 Å². The molecule has 0 saturated heterocycles. The van der Waals surface area contributed by atoms with Crippen molar-refractivity contribution >= 4 is 21.8 Å². The first-order valence-electron chi connectivity index (χ1n) is 7.56. The number of rotatable bonds is 4. The van der Waals surface area contributed by atoms with Gasteiger partial charge < -0.3 is 4.90 Å². The number of carbonyl (C=O) groups is 1. The second-order valence-corrected chi connectivity index (χ2v) is 6.94. The Balaban J connectivity index is 1.86. The van der Waals surface area contributed by atoms with Crippen molar-refractivity contribution in [3.05, 3.63) is 46.2 Å². The molecule has 116 valence electrons. The van der Waals surface area contributed by atoms with Gasteiger partial charge >= 0.3 is 0 Å². The van der Waals surface area contributed by atoms with Crippen LogP contribution < -0.4 is 0 Å². The topological polar surface area (TPSA) is 38.1 Å². The average Bonchev–Trinajstić information content (AvgIpc) is 3.29. The zero-order valence-corrected chi connectivity index (χ0v) is 14.7. The van der Waals surface area contributed by atoms with Crippen LogP contribution in [0, 0.1) is 12.8 Å². The molecular formula is C17H20BrN3O. The standard InChI is InChI=1S/C17H20BrN3O/c1-11(13-4-5-13)20(3)17(22)16-10-19-21(12(16)2)15-8-6-14(18)7-9-15/h6-11,13H,4-5H2,1-3H3/t11-/m1/s1. The van der Waals surface area contributed by atoms with Crippen molar-refractivity contribution in [3.63, 3.8) is 0 Å². The molecule has 0 bridgehead atoms. The van der Waals surface area contributed by atoms with Crippen molar-refractivity contribution in [1.29, 1.82) is 0 Å². The zero-order chi connectivity index (χ0) is 15.9. The number of hydrogen-bond acceptors (Lipinski definition) is 2. The number of nitrogens with zero attached hydrogens (tertiary/aromatic N) is 3. The summed E-state index contributed by atoms with van der Waals surface area (Å²) in [5.41, 5.74) is 2.51. The lowest BCUT2D eigenvalue weighted by molar-refractivity contribution is 0.0726. The van der Waals surface area contributed by atoms with E-state index < -0.39 is 0 Å². The van der Waals surface area contributed by atoms with Gasteiger partial charge in [0.2, 0.25) is 0 Å². The maximum absolute atomic E-state index is 12.7. The van der Waals surface area contributed by atoms with Crippen molar-refractivity contribution in [3.8, 4) is 5.69 Å². The summed E-state index contributed by atoms with van der Waals surface area (Å²) < 4.78 is 2.84. The maximum atomic E-state index is 12.7. The summed E-state index contributed by atoms with van der Waals surface area (Å²) in [6.07, 6.45) is 4.14. The highest BCUT2D eigenvalue weighted by atomic mass is 79.9. The Morgan fingerprint density at radius 3 is 2.59 bits per heavy atom. The number of hydrogen-bond donors (Lipinski definition) is 0. The van der Waals surface area contributed by atoms with Crippen molar-refractivity contribution < 1.29 is 4.79 Å². The lowest BCUT2D eigenvalue weighted by atomic mass is 10.1. The van der Waals surface area contributed by atoms with E-state index >= 15 is 0 Å². The quantitative estimate of drug-likeness (QED) is 0.830. The molecule has 0 radical (unpaired) electrons. The fourth-order valence-electron chi connectivity index (χ4n) is 2.73. The maximum Gasteiger partial charge on any atom is 0.257 e. The van der Waals surface area contributed by atoms with Crippen LogP contribution in [0.2, 0.25) is 0 Å². The monoisotopic (exact) mass is 361 g/mol. The number of amides is 1. The fourth-order valence-corrected chi connectivity index (χ4v) is 3.00. The number of aromatic nitrogens is 2. The summed E-state index contributed by atoms with van der Waals surface area (Å²) in [5, 5.41) is 4.39. The molecular weight excluding hydrogens is 342 g/mol. The van der Waals surface area contributed by atoms with Crippen molar-refractivity contribution in [2.75, 3.05) is 7.05 Å². The molecule has 0 unspecified atom stereocenters. The van der Waals surface area contributed by atoms with Gasteiger partial charge in [-0.15, -0.1) is 0 Å². The summed E-state index contributed by atoms with van der Waals surface area (Å²) in [5.74, 6) is 0.719. The van der Waals surface area contributed by atoms with E-state index in [4.69, 9.17) is 0 Å². The summed E-state index contributed by atoms with van der Waals surface area (Å²) in [6.45, 7) is 4.07. The van der Waals surface area contributed by atoms with Crippen LogP contribution in [0.4, 0.5) is 0 Å². The van der Waals surface area contributed by atoms with Gasteiger partial charge in [-0.3, -0.25) is 4.79 Å². The van der Waals surface area contributed by atoms with Crippen LogP contribution >= 0.6 is 15.9 Å². The van der Waals surface area contributed by atoms with Crippen LogP contribution in [0.25, 0.3) is 5.69 Å². The van der Waals surface area contributed by atoms with Crippen LogP contribution in [0.5, 0.6) is 0 Å². The second-order valence-electron chi connectivity index (χ2n) is 6.03. The van der Waals surface area contributed by atoms with Gasteiger partial charge in [0.05, 0.1) is 23.1 Å². The van der Waals surface area contributed by atoms with Gasteiger partial charge in [-0.05, 0) is 56.9 Å². The number of benzene rings is 1. The van der Waals surface area contributed by atoms with Gasteiger partial charge in [-0.1, -0.05) is 15.9 Å². The van der Waals surface area contributed by atoms with E-state index in [0.717, 1.165) is 15.9 Å². The Morgan fingerprint density at radius 2 is 2.00 bits per heavy atom. The molecule has 1 fully saturated rings. The van der Waals surface area contributed by atoms with Gasteiger partial charge in [0.15, 0.2) is 0 Å². The first kappa shape index (κ1) is 15.3. The lowest BCUT2D eigenvalue weighted by Crippen LogP contribution is -2.36. The zero-order valence-electron chi connectivity index (χ0n) is 13.1. The minimum atomic E-state index is 0.0558. The first-order valence-corrected chi connectivity index (χ1v) is 8.36. The average molecular weight is 362 g/mol. The molecule has 2 aromatic rings. The molecule has 1 heterocycles. The molecule has 1 amide bonds. The first-order chi connectivity index (χ1) is 10.5. The Kier molecular flexibility index (Phi) is 4.08. The molecule has 5 heteroatoms. The van der Waals surface area contributed by atoms with E-state index in [2.05, 4.69) is 28.0 Å². The van der Waals surface area contributed by atoms with Crippen molar-refractivity contribution in [2.45, 2.75) is 32.7 Å². The summed E-state index contributed by atoms with van der Waals surface area (Å²) in [6, 6.07) is 8.20. The Hall–Kier alpha value is -1.62. The third-order valence-corrected chi connectivity index (χ3v) is 5.08. The van der Waals surface area contributed by atoms with Crippen LogP contribution in [0.3, 0.4) is 0 Å². The van der Waals surface area contributed by atoms with E-state index in [9.17, 15) is 4.79 Å². The summed E-state index contributed by atoms with van der Waals surface area (Å²) in [4.78, 5) is 14.6. The number of halogens is 1. The molecule has 1 aliphatic carbocycles. The molecule has 0 spiro atoms. The molecule has 1 aromatic heterocycles. The van der Waals surface area contributed by atoms with E-state index in [1.165, 1.54) is 12.8 Å². The molecule has 1 atom stereocenters. The minimum Gasteiger partial charge on any atom is -0.339 e. The largest absolute Gasteiger partial charge is 0.339 e.